The number of hydrogen-bond acceptors (Lipinski definition) is 4. The van der Waals surface area contributed by atoms with Crippen LogP contribution >= 0.6 is 0 Å². The quantitative estimate of drug-likeness (QED) is 0.202. The van der Waals surface area contributed by atoms with E-state index in [1.165, 1.54) is 0 Å². The molecule has 204 valence electrons. The Hall–Kier alpha value is -5.23. The van der Waals surface area contributed by atoms with E-state index in [-0.39, 0.29) is 6.61 Å². The highest BCUT2D eigenvalue weighted by Gasteiger charge is 2.29. The van der Waals surface area contributed by atoms with Crippen molar-refractivity contribution in [2.75, 3.05) is 6.61 Å². The minimum absolute atomic E-state index is 0.215. The first kappa shape index (κ1) is 27.3. The molecule has 0 fully saturated rings. The lowest BCUT2D eigenvalue weighted by atomic mass is 10.0. The summed E-state index contributed by atoms with van der Waals surface area (Å²) in [6, 6.07) is 37.9. The van der Waals surface area contributed by atoms with Gasteiger partial charge in [0.25, 0.3) is 5.91 Å². The molecule has 0 aliphatic rings. The molecule has 4 aromatic carbocycles. The first-order valence-corrected chi connectivity index (χ1v) is 13.6. The van der Waals surface area contributed by atoms with Crippen LogP contribution in [0.4, 0.5) is 0 Å². The van der Waals surface area contributed by atoms with Crippen molar-refractivity contribution in [3.05, 3.63) is 144 Å². The van der Waals surface area contributed by atoms with Gasteiger partial charge in [0.1, 0.15) is 11.7 Å². The zero-order valence-corrected chi connectivity index (χ0v) is 22.8. The fourth-order valence-electron chi connectivity index (χ4n) is 4.63. The number of amides is 1. The third kappa shape index (κ3) is 6.68. The molecule has 1 unspecified atom stereocenters. The predicted octanol–water partition coefficient (Wildman–Crippen LogP) is 6.61. The van der Waals surface area contributed by atoms with E-state index in [1.807, 2.05) is 133 Å². The van der Waals surface area contributed by atoms with Gasteiger partial charge in [-0.2, -0.15) is 5.10 Å². The number of benzene rings is 4. The molecule has 1 aromatic heterocycles. The molecule has 6 heteroatoms. The monoisotopic (exact) mass is 541 g/mol. The maximum atomic E-state index is 14.2. The summed E-state index contributed by atoms with van der Waals surface area (Å²) in [6.07, 6.45) is 4.15. The number of carbonyl (C=O) groups excluding carboxylic acids is 2. The topological polar surface area (TPSA) is 73.2 Å². The number of nitrogens with one attached hydrogen (secondary N) is 1. The highest BCUT2D eigenvalue weighted by molar-refractivity contribution is 6.05. The molecule has 6 nitrogen and oxygen atoms in total. The fraction of sp³-hybridized carbons (Fsp3) is 0.114. The normalized spacial score (nSPS) is 11.7. The SMILES string of the molecule is CCOC(=O)C(Cc1ccccc1)NC(=O)c1c(-c2ccccc2)nn(-c2ccccc2)c1/C=C/c1ccccc1. The Labute approximate surface area is 239 Å². The summed E-state index contributed by atoms with van der Waals surface area (Å²) in [7, 11) is 0. The molecule has 1 atom stereocenters. The molecule has 41 heavy (non-hydrogen) atoms. The number of rotatable bonds is 10. The number of ether oxygens (including phenoxy) is 1. The summed E-state index contributed by atoms with van der Waals surface area (Å²) in [5.74, 6) is -0.893. The number of carbonyl (C=O) groups is 2. The molecule has 5 rings (SSSR count). The maximum Gasteiger partial charge on any atom is 0.328 e. The predicted molar refractivity (Wildman–Crippen MR) is 162 cm³/mol. The molecule has 0 bridgehead atoms. The van der Waals surface area contributed by atoms with Gasteiger partial charge < -0.3 is 10.1 Å². The standard InChI is InChI=1S/C35H31N3O3/c1-2-41-35(40)30(25-27-17-9-4-10-18-27)36-34(39)32-31(24-23-26-15-7-3-8-16-26)38(29-21-13-6-14-22-29)37-33(32)28-19-11-5-12-20-28/h3-24,30H,2,25H2,1H3,(H,36,39)/b24-23+. The van der Waals surface area contributed by atoms with Crippen molar-refractivity contribution in [1.82, 2.24) is 15.1 Å². The molecule has 0 saturated heterocycles. The Balaban J connectivity index is 1.64. The van der Waals surface area contributed by atoms with Gasteiger partial charge >= 0.3 is 5.97 Å². The smallest absolute Gasteiger partial charge is 0.328 e. The van der Waals surface area contributed by atoms with E-state index in [4.69, 9.17) is 9.84 Å². The summed E-state index contributed by atoms with van der Waals surface area (Å²) in [5, 5.41) is 7.92. The minimum Gasteiger partial charge on any atom is -0.464 e. The van der Waals surface area contributed by atoms with Crippen LogP contribution in [0.25, 0.3) is 29.1 Å². The molecule has 0 aliphatic heterocycles. The largest absolute Gasteiger partial charge is 0.464 e. The molecule has 0 spiro atoms. The van der Waals surface area contributed by atoms with E-state index in [9.17, 15) is 9.59 Å². The van der Waals surface area contributed by atoms with Gasteiger partial charge in [-0.1, -0.05) is 115 Å². The Bertz CT molecular complexity index is 1610. The van der Waals surface area contributed by atoms with Gasteiger partial charge in [0, 0.05) is 12.0 Å². The van der Waals surface area contributed by atoms with Crippen LogP contribution in [0, 0.1) is 0 Å². The van der Waals surface area contributed by atoms with E-state index in [0.29, 0.717) is 23.4 Å². The van der Waals surface area contributed by atoms with Crippen molar-refractivity contribution in [2.45, 2.75) is 19.4 Å². The molecular weight excluding hydrogens is 510 g/mol. The highest BCUT2D eigenvalue weighted by atomic mass is 16.5. The van der Waals surface area contributed by atoms with Crippen molar-refractivity contribution in [2.24, 2.45) is 0 Å². The lowest BCUT2D eigenvalue weighted by molar-refractivity contribution is -0.145. The number of aromatic nitrogens is 2. The third-order valence-electron chi connectivity index (χ3n) is 6.59. The highest BCUT2D eigenvalue weighted by Crippen LogP contribution is 2.29. The second-order valence-electron chi connectivity index (χ2n) is 9.43. The maximum absolute atomic E-state index is 14.2. The molecule has 1 heterocycles. The van der Waals surface area contributed by atoms with Crippen molar-refractivity contribution >= 4 is 24.0 Å². The van der Waals surface area contributed by atoms with Gasteiger partial charge in [0.05, 0.1) is 23.6 Å². The minimum atomic E-state index is -0.875. The van der Waals surface area contributed by atoms with Crippen molar-refractivity contribution in [3.8, 4) is 16.9 Å². The van der Waals surface area contributed by atoms with E-state index in [2.05, 4.69) is 5.32 Å². The molecule has 1 N–H and O–H groups in total. The molecule has 5 aromatic rings. The third-order valence-corrected chi connectivity index (χ3v) is 6.59. The Morgan fingerprint density at radius 2 is 1.39 bits per heavy atom. The number of para-hydroxylation sites is 1. The first-order valence-electron chi connectivity index (χ1n) is 13.6. The number of hydrogen-bond donors (Lipinski definition) is 1. The Kier molecular flexibility index (Phi) is 8.81. The van der Waals surface area contributed by atoms with E-state index in [1.54, 1.807) is 11.6 Å². The van der Waals surface area contributed by atoms with Crippen molar-refractivity contribution in [3.63, 3.8) is 0 Å². The van der Waals surface area contributed by atoms with E-state index < -0.39 is 17.9 Å². The number of nitrogens with zero attached hydrogens (tertiary/aromatic N) is 2. The van der Waals surface area contributed by atoms with E-state index >= 15 is 0 Å². The fourth-order valence-corrected chi connectivity index (χ4v) is 4.63. The molecule has 0 aliphatic carbocycles. The molecule has 0 saturated carbocycles. The molecule has 1 amide bonds. The van der Waals surface area contributed by atoms with Gasteiger partial charge in [-0.3, -0.25) is 4.79 Å². The summed E-state index contributed by atoms with van der Waals surface area (Å²) < 4.78 is 7.12. The Morgan fingerprint density at radius 3 is 2.02 bits per heavy atom. The molecular formula is C35H31N3O3. The zero-order valence-electron chi connectivity index (χ0n) is 22.8. The zero-order chi connectivity index (χ0) is 28.4. The van der Waals surface area contributed by atoms with Crippen LogP contribution in [0.3, 0.4) is 0 Å². The Morgan fingerprint density at radius 1 is 0.805 bits per heavy atom. The van der Waals surface area contributed by atoms with Gasteiger partial charge in [0.2, 0.25) is 0 Å². The van der Waals surface area contributed by atoms with Crippen molar-refractivity contribution < 1.29 is 14.3 Å². The van der Waals surface area contributed by atoms with Crippen LogP contribution in [0.5, 0.6) is 0 Å². The lowest BCUT2D eigenvalue weighted by Gasteiger charge is -2.18. The van der Waals surface area contributed by atoms with Crippen LogP contribution < -0.4 is 5.32 Å². The average Bonchev–Trinajstić information content (AvgIpc) is 3.41. The first-order chi connectivity index (χ1) is 20.1. The molecule has 0 radical (unpaired) electrons. The van der Waals surface area contributed by atoms with Gasteiger partial charge in [-0.25, -0.2) is 9.48 Å². The average molecular weight is 542 g/mol. The number of esters is 1. The summed E-state index contributed by atoms with van der Waals surface area (Å²) in [5.41, 5.74) is 4.98. The van der Waals surface area contributed by atoms with Crippen LogP contribution in [-0.2, 0) is 16.0 Å². The van der Waals surface area contributed by atoms with Crippen LogP contribution in [0.1, 0.15) is 34.1 Å². The summed E-state index contributed by atoms with van der Waals surface area (Å²) >= 11 is 0. The van der Waals surface area contributed by atoms with Gasteiger partial charge in [-0.15, -0.1) is 0 Å². The lowest BCUT2D eigenvalue weighted by Crippen LogP contribution is -2.43. The summed E-state index contributed by atoms with van der Waals surface area (Å²) in [6.45, 7) is 1.97. The van der Waals surface area contributed by atoms with E-state index in [0.717, 1.165) is 22.4 Å². The van der Waals surface area contributed by atoms with Crippen LogP contribution in [0.2, 0.25) is 0 Å². The van der Waals surface area contributed by atoms with Gasteiger partial charge in [0.15, 0.2) is 0 Å². The van der Waals surface area contributed by atoms with Gasteiger partial charge in [-0.05, 0) is 36.3 Å². The van der Waals surface area contributed by atoms with Crippen LogP contribution in [-0.4, -0.2) is 34.3 Å². The van der Waals surface area contributed by atoms with Crippen LogP contribution in [0.15, 0.2) is 121 Å². The second kappa shape index (κ2) is 13.2. The van der Waals surface area contributed by atoms with Crippen molar-refractivity contribution in [1.29, 1.82) is 0 Å². The second-order valence-corrected chi connectivity index (χ2v) is 9.43. The summed E-state index contributed by atoms with van der Waals surface area (Å²) in [4.78, 5) is 27.2.